The topological polar surface area (TPSA) is 64.3 Å². The zero-order valence-corrected chi connectivity index (χ0v) is 7.38. The molecule has 1 unspecified atom stereocenters. The lowest BCUT2D eigenvalue weighted by Crippen LogP contribution is -2.32. The molecular formula is C8H16N2O2. The van der Waals surface area contributed by atoms with Gasteiger partial charge in [0.05, 0.1) is 6.61 Å². The maximum absolute atomic E-state index is 11.0. The molecule has 4 heteroatoms. The smallest absolute Gasteiger partial charge is 0.245 e. The number of nitrogens with two attached hydrogens (primary N) is 1. The van der Waals surface area contributed by atoms with E-state index in [2.05, 4.69) is 5.48 Å². The van der Waals surface area contributed by atoms with Gasteiger partial charge in [0, 0.05) is 12.5 Å². The van der Waals surface area contributed by atoms with E-state index < -0.39 is 0 Å². The fourth-order valence-corrected chi connectivity index (χ4v) is 1.10. The first-order chi connectivity index (χ1) is 5.74. The molecule has 0 saturated heterocycles. The Kier molecular flexibility index (Phi) is 3.49. The Bertz CT molecular complexity index is 157. The number of carbonyl (C=O) groups is 1. The minimum absolute atomic E-state index is 0.0189. The van der Waals surface area contributed by atoms with E-state index in [4.69, 9.17) is 10.6 Å². The van der Waals surface area contributed by atoms with Crippen molar-refractivity contribution in [1.29, 1.82) is 0 Å². The summed E-state index contributed by atoms with van der Waals surface area (Å²) >= 11 is 0. The van der Waals surface area contributed by atoms with Crippen LogP contribution in [-0.2, 0) is 9.63 Å². The summed E-state index contributed by atoms with van der Waals surface area (Å²) in [5.74, 6) is 0.452. The first-order valence-electron chi connectivity index (χ1n) is 4.40. The molecule has 0 spiro atoms. The van der Waals surface area contributed by atoms with Crippen molar-refractivity contribution in [2.24, 2.45) is 11.7 Å². The Balaban J connectivity index is 2.07. The van der Waals surface area contributed by atoms with Gasteiger partial charge in [-0.25, -0.2) is 5.48 Å². The van der Waals surface area contributed by atoms with Gasteiger partial charge >= 0.3 is 0 Å². The summed E-state index contributed by atoms with van der Waals surface area (Å²) in [6.07, 6.45) is 2.72. The highest BCUT2D eigenvalue weighted by molar-refractivity contribution is 5.75. The van der Waals surface area contributed by atoms with Crippen LogP contribution in [0.1, 0.15) is 26.2 Å². The van der Waals surface area contributed by atoms with Crippen molar-refractivity contribution in [3.8, 4) is 0 Å². The van der Waals surface area contributed by atoms with Gasteiger partial charge in [0.1, 0.15) is 0 Å². The molecule has 1 aliphatic rings. The standard InChI is InChI=1S/C8H16N2O2/c1-2-12-10-8(11)5-7(9)6-3-4-6/h6-7H,2-5,9H2,1H3,(H,10,11). The highest BCUT2D eigenvalue weighted by Crippen LogP contribution is 2.32. The summed E-state index contributed by atoms with van der Waals surface area (Å²) in [6.45, 7) is 2.31. The number of nitrogens with one attached hydrogen (secondary N) is 1. The summed E-state index contributed by atoms with van der Waals surface area (Å²) in [5.41, 5.74) is 8.06. The van der Waals surface area contributed by atoms with Crippen LogP contribution in [-0.4, -0.2) is 18.6 Å². The lowest BCUT2D eigenvalue weighted by atomic mass is 10.1. The van der Waals surface area contributed by atoms with Crippen LogP contribution in [0.4, 0.5) is 0 Å². The molecule has 1 aliphatic carbocycles. The molecule has 1 amide bonds. The number of hydroxylamine groups is 1. The van der Waals surface area contributed by atoms with Gasteiger partial charge in [-0.15, -0.1) is 0 Å². The van der Waals surface area contributed by atoms with Crippen LogP contribution in [0.25, 0.3) is 0 Å². The number of amides is 1. The van der Waals surface area contributed by atoms with E-state index in [1.165, 1.54) is 12.8 Å². The minimum Gasteiger partial charge on any atom is -0.327 e. The van der Waals surface area contributed by atoms with Crippen molar-refractivity contribution < 1.29 is 9.63 Å². The van der Waals surface area contributed by atoms with E-state index in [9.17, 15) is 4.79 Å². The third kappa shape index (κ3) is 3.19. The molecule has 0 aromatic heterocycles. The van der Waals surface area contributed by atoms with Crippen molar-refractivity contribution in [2.45, 2.75) is 32.2 Å². The summed E-state index contributed by atoms with van der Waals surface area (Å²) in [4.78, 5) is 15.8. The van der Waals surface area contributed by atoms with Gasteiger partial charge in [-0.3, -0.25) is 9.63 Å². The number of hydrogen-bond donors (Lipinski definition) is 2. The van der Waals surface area contributed by atoms with Gasteiger partial charge < -0.3 is 5.73 Å². The molecule has 0 aromatic carbocycles. The van der Waals surface area contributed by atoms with Crippen LogP contribution in [0, 0.1) is 5.92 Å². The third-order valence-corrected chi connectivity index (χ3v) is 1.98. The van der Waals surface area contributed by atoms with E-state index in [1.807, 2.05) is 6.92 Å². The molecule has 0 radical (unpaired) electrons. The number of hydrogen-bond acceptors (Lipinski definition) is 3. The van der Waals surface area contributed by atoms with Crippen molar-refractivity contribution in [3.05, 3.63) is 0 Å². The molecule has 1 atom stereocenters. The second-order valence-electron chi connectivity index (χ2n) is 3.16. The average Bonchev–Trinajstić information content (AvgIpc) is 2.82. The van der Waals surface area contributed by atoms with Crippen LogP contribution in [0.5, 0.6) is 0 Å². The maximum atomic E-state index is 11.0. The highest BCUT2D eigenvalue weighted by Gasteiger charge is 2.29. The summed E-state index contributed by atoms with van der Waals surface area (Å²) in [6, 6.07) is 0.0189. The van der Waals surface area contributed by atoms with E-state index in [0.29, 0.717) is 18.9 Å². The van der Waals surface area contributed by atoms with Crippen molar-refractivity contribution in [1.82, 2.24) is 5.48 Å². The largest absolute Gasteiger partial charge is 0.327 e. The van der Waals surface area contributed by atoms with Crippen molar-refractivity contribution in [2.75, 3.05) is 6.61 Å². The zero-order valence-electron chi connectivity index (χ0n) is 7.38. The van der Waals surface area contributed by atoms with Gasteiger partial charge in [-0.2, -0.15) is 0 Å². The first-order valence-corrected chi connectivity index (χ1v) is 4.40. The molecule has 1 fully saturated rings. The molecule has 0 heterocycles. The first kappa shape index (κ1) is 9.48. The third-order valence-electron chi connectivity index (χ3n) is 1.98. The second kappa shape index (κ2) is 4.42. The monoisotopic (exact) mass is 172 g/mol. The fourth-order valence-electron chi connectivity index (χ4n) is 1.10. The van der Waals surface area contributed by atoms with Crippen LogP contribution >= 0.6 is 0 Å². The molecule has 1 rings (SSSR count). The quantitative estimate of drug-likeness (QED) is 0.581. The predicted octanol–water partition coefficient (Wildman–Crippen LogP) is 0.181. The van der Waals surface area contributed by atoms with Gasteiger partial charge in [-0.1, -0.05) is 0 Å². The fraction of sp³-hybridized carbons (Fsp3) is 0.875. The molecular weight excluding hydrogens is 156 g/mol. The summed E-state index contributed by atoms with van der Waals surface area (Å²) in [7, 11) is 0. The highest BCUT2D eigenvalue weighted by atomic mass is 16.6. The van der Waals surface area contributed by atoms with Crippen LogP contribution in [0.3, 0.4) is 0 Å². The molecule has 0 aromatic rings. The normalized spacial score (nSPS) is 18.8. The van der Waals surface area contributed by atoms with Crippen LogP contribution in [0.2, 0.25) is 0 Å². The molecule has 1 saturated carbocycles. The van der Waals surface area contributed by atoms with Crippen molar-refractivity contribution >= 4 is 5.91 Å². The van der Waals surface area contributed by atoms with Gasteiger partial charge in [0.25, 0.3) is 0 Å². The van der Waals surface area contributed by atoms with E-state index in [1.54, 1.807) is 0 Å². The molecule has 0 bridgehead atoms. The molecule has 0 aliphatic heterocycles. The Labute approximate surface area is 72.4 Å². The second-order valence-corrected chi connectivity index (χ2v) is 3.16. The summed E-state index contributed by atoms with van der Waals surface area (Å²) < 4.78 is 0. The Hall–Kier alpha value is -0.610. The predicted molar refractivity (Wildman–Crippen MR) is 45.1 cm³/mol. The molecule has 4 nitrogen and oxygen atoms in total. The zero-order chi connectivity index (χ0) is 8.97. The van der Waals surface area contributed by atoms with E-state index in [0.717, 1.165) is 0 Å². The van der Waals surface area contributed by atoms with Crippen molar-refractivity contribution in [3.63, 3.8) is 0 Å². The van der Waals surface area contributed by atoms with Gasteiger partial charge in [-0.05, 0) is 25.7 Å². The van der Waals surface area contributed by atoms with Crippen LogP contribution < -0.4 is 11.2 Å². The SMILES string of the molecule is CCONC(=O)CC(N)C1CC1. The Morgan fingerprint density at radius 2 is 2.42 bits per heavy atom. The van der Waals surface area contributed by atoms with E-state index in [-0.39, 0.29) is 11.9 Å². The van der Waals surface area contributed by atoms with Gasteiger partial charge in [0.2, 0.25) is 5.91 Å². The van der Waals surface area contributed by atoms with E-state index >= 15 is 0 Å². The molecule has 70 valence electrons. The molecule has 12 heavy (non-hydrogen) atoms. The summed E-state index contributed by atoms with van der Waals surface area (Å²) in [5, 5.41) is 0. The van der Waals surface area contributed by atoms with Gasteiger partial charge in [0.15, 0.2) is 0 Å². The Morgan fingerprint density at radius 3 is 2.92 bits per heavy atom. The number of carbonyl (C=O) groups excluding carboxylic acids is 1. The Morgan fingerprint density at radius 1 is 1.75 bits per heavy atom. The maximum Gasteiger partial charge on any atom is 0.245 e. The minimum atomic E-state index is -0.115. The number of rotatable bonds is 5. The lowest BCUT2D eigenvalue weighted by Gasteiger charge is -2.09. The lowest BCUT2D eigenvalue weighted by molar-refractivity contribution is -0.133. The average molecular weight is 172 g/mol. The molecule has 3 N–H and O–H groups in total. The van der Waals surface area contributed by atoms with Crippen LogP contribution in [0.15, 0.2) is 0 Å².